The number of benzene rings is 1. The highest BCUT2D eigenvalue weighted by atomic mass is 19.1. The normalized spacial score (nSPS) is 18.6. The van der Waals surface area contributed by atoms with Crippen LogP contribution in [0.15, 0.2) is 18.2 Å². The summed E-state index contributed by atoms with van der Waals surface area (Å²) in [6.07, 6.45) is 0.475. The summed E-state index contributed by atoms with van der Waals surface area (Å²) < 4.78 is 31.4. The van der Waals surface area contributed by atoms with E-state index in [0.29, 0.717) is 36.6 Å². The number of halogens is 1. The first-order valence-electron chi connectivity index (χ1n) is 9.29. The van der Waals surface area contributed by atoms with E-state index in [1.165, 1.54) is 19.2 Å². The van der Waals surface area contributed by atoms with E-state index in [4.69, 9.17) is 14.2 Å². The second-order valence-electron chi connectivity index (χ2n) is 6.86. The average Bonchev–Trinajstić information content (AvgIpc) is 3.03. The predicted octanol–water partition coefficient (Wildman–Crippen LogP) is 2.63. The third kappa shape index (κ3) is 4.18. The molecular formula is C20H26FN3O4. The smallest absolute Gasteiger partial charge is 0.272 e. The zero-order valence-corrected chi connectivity index (χ0v) is 16.6. The van der Waals surface area contributed by atoms with E-state index in [9.17, 15) is 9.18 Å². The maximum Gasteiger partial charge on any atom is 0.272 e. The highest BCUT2D eigenvalue weighted by Gasteiger charge is 2.32. The summed E-state index contributed by atoms with van der Waals surface area (Å²) in [7, 11) is 3.10. The van der Waals surface area contributed by atoms with E-state index in [-0.39, 0.29) is 30.5 Å². The highest BCUT2D eigenvalue weighted by molar-refractivity contribution is 5.94. The lowest BCUT2D eigenvalue weighted by Gasteiger charge is -2.27. The zero-order chi connectivity index (χ0) is 20.3. The van der Waals surface area contributed by atoms with Crippen molar-refractivity contribution in [3.63, 3.8) is 0 Å². The number of carbonyl (C=O) groups is 1. The first-order valence-corrected chi connectivity index (χ1v) is 9.29. The monoisotopic (exact) mass is 391 g/mol. The molecule has 0 bridgehead atoms. The van der Waals surface area contributed by atoms with Crippen molar-refractivity contribution in [3.05, 3.63) is 46.5 Å². The van der Waals surface area contributed by atoms with Gasteiger partial charge in [-0.05, 0) is 19.9 Å². The molecule has 0 spiro atoms. The van der Waals surface area contributed by atoms with Crippen molar-refractivity contribution in [2.45, 2.75) is 45.6 Å². The summed E-state index contributed by atoms with van der Waals surface area (Å²) in [4.78, 5) is 12.9. The minimum atomic E-state index is -0.388. The Labute approximate surface area is 163 Å². The molecule has 152 valence electrons. The summed E-state index contributed by atoms with van der Waals surface area (Å²) in [6, 6.07) is 4.23. The van der Waals surface area contributed by atoms with Gasteiger partial charge in [0.15, 0.2) is 5.69 Å². The Kier molecular flexibility index (Phi) is 6.31. The Balaban J connectivity index is 1.83. The number of nitrogens with one attached hydrogen (secondary N) is 1. The molecule has 0 fully saturated rings. The number of hydrogen-bond acceptors (Lipinski definition) is 5. The van der Waals surface area contributed by atoms with Gasteiger partial charge in [0.05, 0.1) is 38.2 Å². The largest absolute Gasteiger partial charge is 0.496 e. The minimum absolute atomic E-state index is 0.00585. The standard InChI is InChI=1S/C20H26FN3O4/c1-12-9-16-18(23-24(7-8-26-3)19(16)13(2)28-12)20(25)22-11-14-5-6-15(21)10-17(14)27-4/h5-6,10,12-13H,7-9,11H2,1-4H3,(H,22,25)/t12-,13+/m1/s1. The minimum Gasteiger partial charge on any atom is -0.496 e. The third-order valence-electron chi connectivity index (χ3n) is 4.82. The van der Waals surface area contributed by atoms with Crippen LogP contribution in [0.2, 0.25) is 0 Å². The van der Waals surface area contributed by atoms with Gasteiger partial charge in [0.25, 0.3) is 5.91 Å². The van der Waals surface area contributed by atoms with Crippen molar-refractivity contribution in [1.82, 2.24) is 15.1 Å². The Morgan fingerprint density at radius 3 is 2.89 bits per heavy atom. The van der Waals surface area contributed by atoms with Gasteiger partial charge in [0, 0.05) is 37.3 Å². The Morgan fingerprint density at radius 1 is 1.39 bits per heavy atom. The maximum absolute atomic E-state index is 13.4. The summed E-state index contributed by atoms with van der Waals surface area (Å²) in [5, 5.41) is 7.41. The Hall–Kier alpha value is -2.45. The van der Waals surface area contributed by atoms with E-state index < -0.39 is 0 Å². The maximum atomic E-state index is 13.4. The summed E-state index contributed by atoms with van der Waals surface area (Å²) in [5.41, 5.74) is 2.91. The second-order valence-corrected chi connectivity index (χ2v) is 6.86. The number of fused-ring (bicyclic) bond motifs is 1. The molecule has 1 N–H and O–H groups in total. The van der Waals surface area contributed by atoms with Crippen molar-refractivity contribution in [2.24, 2.45) is 0 Å². The molecule has 8 heteroatoms. The lowest BCUT2D eigenvalue weighted by Crippen LogP contribution is -2.27. The molecule has 3 rings (SSSR count). The van der Waals surface area contributed by atoms with Crippen LogP contribution < -0.4 is 10.1 Å². The first kappa shape index (κ1) is 20.3. The van der Waals surface area contributed by atoms with Crippen molar-refractivity contribution >= 4 is 5.91 Å². The summed E-state index contributed by atoms with van der Waals surface area (Å²) >= 11 is 0. The fourth-order valence-corrected chi connectivity index (χ4v) is 3.57. The summed E-state index contributed by atoms with van der Waals surface area (Å²) in [5.74, 6) is -0.274. The van der Waals surface area contributed by atoms with Gasteiger partial charge in [-0.1, -0.05) is 6.07 Å². The number of methoxy groups -OCH3 is 2. The van der Waals surface area contributed by atoms with Crippen LogP contribution in [0.1, 0.15) is 47.3 Å². The molecule has 1 amide bonds. The van der Waals surface area contributed by atoms with Crippen LogP contribution in [0.3, 0.4) is 0 Å². The topological polar surface area (TPSA) is 74.6 Å². The van der Waals surface area contributed by atoms with E-state index >= 15 is 0 Å². The van der Waals surface area contributed by atoms with Gasteiger partial charge < -0.3 is 19.5 Å². The SMILES string of the molecule is COCCn1nc(C(=O)NCc2ccc(F)cc2OC)c2c1[C@H](C)O[C@H](C)C2. The second kappa shape index (κ2) is 8.70. The Bertz CT molecular complexity index is 852. The molecule has 1 aromatic carbocycles. The van der Waals surface area contributed by atoms with Gasteiger partial charge in [0.2, 0.25) is 0 Å². The number of ether oxygens (including phenoxy) is 3. The van der Waals surface area contributed by atoms with Crippen LogP contribution in [-0.4, -0.2) is 42.6 Å². The molecule has 1 aliphatic rings. The third-order valence-corrected chi connectivity index (χ3v) is 4.82. The van der Waals surface area contributed by atoms with Crippen molar-refractivity contribution in [3.8, 4) is 5.75 Å². The van der Waals surface area contributed by atoms with Gasteiger partial charge in [0.1, 0.15) is 11.6 Å². The number of amides is 1. The van der Waals surface area contributed by atoms with E-state index in [0.717, 1.165) is 11.3 Å². The van der Waals surface area contributed by atoms with Gasteiger partial charge >= 0.3 is 0 Å². The van der Waals surface area contributed by atoms with Crippen LogP contribution in [0, 0.1) is 5.82 Å². The lowest BCUT2D eigenvalue weighted by atomic mass is 9.99. The van der Waals surface area contributed by atoms with Gasteiger partial charge in [-0.2, -0.15) is 5.10 Å². The van der Waals surface area contributed by atoms with E-state index in [1.807, 2.05) is 13.8 Å². The van der Waals surface area contributed by atoms with Gasteiger partial charge in [-0.15, -0.1) is 0 Å². The fraction of sp³-hybridized carbons (Fsp3) is 0.500. The van der Waals surface area contributed by atoms with Gasteiger partial charge in [-0.3, -0.25) is 9.48 Å². The molecule has 1 aromatic heterocycles. The number of rotatable bonds is 7. The molecular weight excluding hydrogens is 365 g/mol. The quantitative estimate of drug-likeness (QED) is 0.785. The Morgan fingerprint density at radius 2 is 2.18 bits per heavy atom. The molecule has 2 aromatic rings. The average molecular weight is 391 g/mol. The van der Waals surface area contributed by atoms with Crippen molar-refractivity contribution in [1.29, 1.82) is 0 Å². The predicted molar refractivity (Wildman–Crippen MR) is 101 cm³/mol. The highest BCUT2D eigenvalue weighted by Crippen LogP contribution is 2.32. The lowest BCUT2D eigenvalue weighted by molar-refractivity contribution is -0.0101. The molecule has 0 radical (unpaired) electrons. The van der Waals surface area contributed by atoms with Crippen LogP contribution in [0.25, 0.3) is 0 Å². The molecule has 28 heavy (non-hydrogen) atoms. The summed E-state index contributed by atoms with van der Waals surface area (Å²) in [6.45, 7) is 5.19. The molecule has 0 aliphatic carbocycles. The molecule has 0 saturated carbocycles. The van der Waals surface area contributed by atoms with Gasteiger partial charge in [-0.25, -0.2) is 4.39 Å². The van der Waals surface area contributed by atoms with E-state index in [2.05, 4.69) is 10.4 Å². The van der Waals surface area contributed by atoms with Crippen molar-refractivity contribution < 1.29 is 23.4 Å². The molecule has 7 nitrogen and oxygen atoms in total. The van der Waals surface area contributed by atoms with Crippen molar-refractivity contribution in [2.75, 3.05) is 20.8 Å². The van der Waals surface area contributed by atoms with Crippen LogP contribution >= 0.6 is 0 Å². The molecule has 0 saturated heterocycles. The number of nitrogens with zero attached hydrogens (tertiary/aromatic N) is 2. The first-order chi connectivity index (χ1) is 13.4. The molecule has 2 atom stereocenters. The number of carbonyl (C=O) groups excluding carboxylic acids is 1. The fourth-order valence-electron chi connectivity index (χ4n) is 3.57. The molecule has 0 unspecified atom stereocenters. The molecule has 1 aliphatic heterocycles. The van der Waals surface area contributed by atoms with Crippen LogP contribution in [0.5, 0.6) is 5.75 Å². The van der Waals surface area contributed by atoms with Crippen LogP contribution in [-0.2, 0) is 29.0 Å². The number of aromatic nitrogens is 2. The number of hydrogen-bond donors (Lipinski definition) is 1. The van der Waals surface area contributed by atoms with Crippen LogP contribution in [0.4, 0.5) is 4.39 Å². The van der Waals surface area contributed by atoms with E-state index in [1.54, 1.807) is 17.9 Å². The molecule has 2 heterocycles. The zero-order valence-electron chi connectivity index (χ0n) is 16.6.